The molecule has 3 heterocycles. The summed E-state index contributed by atoms with van der Waals surface area (Å²) in [7, 11) is 0. The van der Waals surface area contributed by atoms with Crippen LogP contribution in [0, 0.1) is 25.7 Å². The molecule has 0 aromatic heterocycles. The van der Waals surface area contributed by atoms with Crippen LogP contribution in [0.3, 0.4) is 0 Å². The number of carbonyl (C=O) groups is 3. The number of nitrogens with zero attached hydrogens (tertiary/aromatic N) is 1. The van der Waals surface area contributed by atoms with E-state index < -0.39 is 17.4 Å². The molecule has 2 fully saturated rings. The highest BCUT2D eigenvalue weighted by atomic mass is 32.2. The van der Waals surface area contributed by atoms with E-state index in [-0.39, 0.29) is 23.8 Å². The molecule has 2 aromatic rings. The van der Waals surface area contributed by atoms with Crippen molar-refractivity contribution in [2.75, 3.05) is 23.9 Å². The summed E-state index contributed by atoms with van der Waals surface area (Å²) >= 11 is 1.70. The summed E-state index contributed by atoms with van der Waals surface area (Å²) in [5, 5.41) is 6.56. The van der Waals surface area contributed by atoms with Gasteiger partial charge in [-0.3, -0.25) is 24.6 Å². The van der Waals surface area contributed by atoms with Crippen molar-refractivity contribution in [1.82, 2.24) is 10.2 Å². The van der Waals surface area contributed by atoms with Gasteiger partial charge in [0, 0.05) is 23.8 Å². The summed E-state index contributed by atoms with van der Waals surface area (Å²) in [4.78, 5) is 42.4. The van der Waals surface area contributed by atoms with E-state index in [0.717, 1.165) is 40.1 Å². The second-order valence-corrected chi connectivity index (χ2v) is 10.4. The van der Waals surface area contributed by atoms with Gasteiger partial charge in [-0.25, -0.2) is 0 Å². The molecule has 3 aliphatic heterocycles. The highest BCUT2D eigenvalue weighted by molar-refractivity contribution is 7.98. The Morgan fingerprint density at radius 1 is 1.06 bits per heavy atom. The lowest BCUT2D eigenvalue weighted by Gasteiger charge is -2.30. The maximum Gasteiger partial charge on any atom is 0.250 e. The first kappa shape index (κ1) is 22.2. The number of nitrogens with one attached hydrogen (secondary N) is 2. The van der Waals surface area contributed by atoms with Crippen LogP contribution in [0.4, 0.5) is 5.69 Å². The summed E-state index contributed by atoms with van der Waals surface area (Å²) in [6.45, 7) is 4.30. The molecule has 2 aromatic carbocycles. The van der Waals surface area contributed by atoms with Gasteiger partial charge in [0.15, 0.2) is 0 Å². The number of anilines is 1. The van der Waals surface area contributed by atoms with Crippen molar-refractivity contribution < 1.29 is 14.4 Å². The van der Waals surface area contributed by atoms with E-state index in [1.54, 1.807) is 11.8 Å². The first-order chi connectivity index (χ1) is 15.9. The van der Waals surface area contributed by atoms with E-state index >= 15 is 0 Å². The molecule has 0 bridgehead atoms. The fraction of sp³-hybridized carbons (Fsp3) is 0.423. The fourth-order valence-corrected chi connectivity index (χ4v) is 6.41. The number of carbonyl (C=O) groups excluding carboxylic acids is 3. The average Bonchev–Trinajstić information content (AvgIpc) is 3.37. The van der Waals surface area contributed by atoms with E-state index in [9.17, 15) is 14.4 Å². The second-order valence-electron chi connectivity index (χ2n) is 9.37. The molecule has 0 radical (unpaired) electrons. The van der Waals surface area contributed by atoms with Gasteiger partial charge >= 0.3 is 0 Å². The molecule has 3 aliphatic rings. The predicted octanol–water partition coefficient (Wildman–Crippen LogP) is 3.02. The number of benzene rings is 2. The molecule has 0 saturated carbocycles. The van der Waals surface area contributed by atoms with Gasteiger partial charge in [-0.05, 0) is 49.8 Å². The summed E-state index contributed by atoms with van der Waals surface area (Å²) in [6, 6.07) is 13.7. The molecule has 2 saturated heterocycles. The first-order valence-corrected chi connectivity index (χ1v) is 12.9. The molecule has 6 nitrogen and oxygen atoms in total. The molecule has 33 heavy (non-hydrogen) atoms. The van der Waals surface area contributed by atoms with Crippen molar-refractivity contribution in [2.24, 2.45) is 11.8 Å². The molecule has 3 amide bonds. The minimum Gasteiger partial charge on any atom is -0.324 e. The Kier molecular flexibility index (Phi) is 5.57. The maximum atomic E-state index is 13.8. The van der Waals surface area contributed by atoms with Gasteiger partial charge in [-0.1, -0.05) is 48.0 Å². The molecule has 5 rings (SSSR count). The van der Waals surface area contributed by atoms with Crippen molar-refractivity contribution in [1.29, 1.82) is 0 Å². The van der Waals surface area contributed by atoms with Crippen LogP contribution in [-0.4, -0.2) is 47.2 Å². The van der Waals surface area contributed by atoms with Gasteiger partial charge < -0.3 is 5.32 Å². The highest BCUT2D eigenvalue weighted by Gasteiger charge is 2.70. The first-order valence-electron chi connectivity index (χ1n) is 11.5. The van der Waals surface area contributed by atoms with Crippen LogP contribution in [0.2, 0.25) is 0 Å². The number of hydrogen-bond acceptors (Lipinski definition) is 5. The normalized spacial score (nSPS) is 27.9. The minimum atomic E-state index is -1.20. The molecule has 172 valence electrons. The van der Waals surface area contributed by atoms with Gasteiger partial charge in [0.05, 0.1) is 11.8 Å². The van der Waals surface area contributed by atoms with Crippen LogP contribution in [-0.2, 0) is 26.3 Å². The quantitative estimate of drug-likeness (QED) is 0.644. The van der Waals surface area contributed by atoms with Crippen LogP contribution in [0.1, 0.15) is 28.7 Å². The monoisotopic (exact) mass is 463 g/mol. The Morgan fingerprint density at radius 2 is 1.82 bits per heavy atom. The Labute approximate surface area is 198 Å². The minimum absolute atomic E-state index is 0.151. The Hall–Kier alpha value is -2.64. The summed E-state index contributed by atoms with van der Waals surface area (Å²) in [6.07, 6.45) is 3.36. The molecule has 2 N–H and O–H groups in total. The van der Waals surface area contributed by atoms with E-state index in [2.05, 4.69) is 10.6 Å². The molecule has 1 spiro atoms. The van der Waals surface area contributed by atoms with Crippen LogP contribution in [0.25, 0.3) is 0 Å². The average molecular weight is 464 g/mol. The number of imide groups is 1. The van der Waals surface area contributed by atoms with Crippen molar-refractivity contribution >= 4 is 35.2 Å². The topological polar surface area (TPSA) is 78.5 Å². The van der Waals surface area contributed by atoms with Gasteiger partial charge in [0.1, 0.15) is 5.54 Å². The third-order valence-electron chi connectivity index (χ3n) is 7.36. The smallest absolute Gasteiger partial charge is 0.250 e. The van der Waals surface area contributed by atoms with Crippen LogP contribution in [0.5, 0.6) is 0 Å². The van der Waals surface area contributed by atoms with Crippen LogP contribution < -0.4 is 10.6 Å². The molecule has 4 atom stereocenters. The lowest BCUT2D eigenvalue weighted by Crippen LogP contribution is -2.53. The van der Waals surface area contributed by atoms with E-state index in [4.69, 9.17) is 0 Å². The van der Waals surface area contributed by atoms with Gasteiger partial charge in [-0.2, -0.15) is 11.8 Å². The molecule has 7 heteroatoms. The summed E-state index contributed by atoms with van der Waals surface area (Å²) in [5.41, 5.74) is 3.46. The zero-order valence-electron chi connectivity index (χ0n) is 19.2. The predicted molar refractivity (Wildman–Crippen MR) is 130 cm³/mol. The number of aryl methyl sites for hydroxylation is 2. The fourth-order valence-electron chi connectivity index (χ4n) is 5.92. The lowest BCUT2D eigenvalue weighted by atomic mass is 9.76. The number of rotatable bonds is 6. The van der Waals surface area contributed by atoms with E-state index in [1.807, 2.05) is 62.6 Å². The molecule has 2 unspecified atom stereocenters. The van der Waals surface area contributed by atoms with E-state index in [1.165, 1.54) is 4.90 Å². The zero-order chi connectivity index (χ0) is 23.3. The number of hydrogen-bond donors (Lipinski definition) is 2. The second kappa shape index (κ2) is 8.29. The number of thioether (sulfide) groups is 1. The summed E-state index contributed by atoms with van der Waals surface area (Å²) < 4.78 is 0. The highest BCUT2D eigenvalue weighted by Crippen LogP contribution is 2.54. The Morgan fingerprint density at radius 3 is 2.55 bits per heavy atom. The lowest BCUT2D eigenvalue weighted by molar-refractivity contribution is -0.142. The van der Waals surface area contributed by atoms with Gasteiger partial charge in [-0.15, -0.1) is 0 Å². The standard InChI is InChI=1S/C26H29N3O3S/c1-15-13-16(2)22-18(14-15)26(25(32)27-22)21-20(19(28-26)10-12-33-3)23(30)29(24(21)31)11-9-17-7-5-4-6-8-17/h4-8,13-14,19-21,28H,9-12H2,1-3H3,(H,27,32)/t19?,20-,21+,26?/m1/s1. The van der Waals surface area contributed by atoms with Crippen LogP contribution >= 0.6 is 11.8 Å². The Balaban J connectivity index is 1.55. The summed E-state index contributed by atoms with van der Waals surface area (Å²) in [5.74, 6) is -1.01. The van der Waals surface area contributed by atoms with Crippen molar-refractivity contribution in [3.63, 3.8) is 0 Å². The number of likely N-dealkylation sites (tertiary alicyclic amines) is 1. The molecular weight excluding hydrogens is 434 g/mol. The largest absolute Gasteiger partial charge is 0.324 e. The van der Waals surface area contributed by atoms with Gasteiger partial charge in [0.2, 0.25) is 17.7 Å². The van der Waals surface area contributed by atoms with Crippen molar-refractivity contribution in [2.45, 2.75) is 38.3 Å². The Bertz CT molecular complexity index is 1140. The van der Waals surface area contributed by atoms with Crippen molar-refractivity contribution in [3.05, 3.63) is 64.7 Å². The number of fused-ring (bicyclic) bond motifs is 4. The molecule has 0 aliphatic carbocycles. The van der Waals surface area contributed by atoms with Gasteiger partial charge in [0.25, 0.3) is 0 Å². The number of amides is 3. The van der Waals surface area contributed by atoms with Crippen LogP contribution in [0.15, 0.2) is 42.5 Å². The third-order valence-corrected chi connectivity index (χ3v) is 8.00. The SMILES string of the molecule is CSCCC1NC2(C(=O)Nc3c(C)cc(C)cc32)[C@@H]2C(=O)N(CCc3ccccc3)C(=O)[C@H]12. The maximum absolute atomic E-state index is 13.8. The van der Waals surface area contributed by atoms with E-state index in [0.29, 0.717) is 13.0 Å². The third kappa shape index (κ3) is 3.32. The molecular formula is C26H29N3O3S. The zero-order valence-corrected chi connectivity index (χ0v) is 20.0. The van der Waals surface area contributed by atoms with Crippen molar-refractivity contribution in [3.8, 4) is 0 Å².